The zero-order valence-corrected chi connectivity index (χ0v) is 25.2. The van der Waals surface area contributed by atoms with E-state index in [1.807, 2.05) is 38.1 Å². The van der Waals surface area contributed by atoms with Crippen LogP contribution in [0.15, 0.2) is 30.8 Å². The van der Waals surface area contributed by atoms with Gasteiger partial charge >= 0.3 is 11.9 Å². The second kappa shape index (κ2) is 11.3. The van der Waals surface area contributed by atoms with Crippen molar-refractivity contribution in [1.29, 1.82) is 0 Å². The molecule has 0 radical (unpaired) electrons. The van der Waals surface area contributed by atoms with Crippen molar-refractivity contribution >= 4 is 62.4 Å². The highest BCUT2D eigenvalue weighted by Gasteiger charge is 2.22. The van der Waals surface area contributed by atoms with Gasteiger partial charge < -0.3 is 19.4 Å². The Balaban J connectivity index is 1.95. The van der Waals surface area contributed by atoms with Gasteiger partial charge in [-0.2, -0.15) is 0 Å². The number of carbonyl (C=O) groups is 2. The standard InChI is InChI=1S/C34H36N4O4/c1-9-21-17(3)24-13-25-19(5)23(11-12-32(39)41-7)30(37-25)16-31-33(34(40)42-8)20(6)27(38-31)15-29-22(10-2)18(4)26(36-29)14-28(21)35-24/h9,13-16,35,38H,1,10-12H2,2-8H3. The summed E-state index contributed by atoms with van der Waals surface area (Å²) in [6, 6.07) is 7.95. The number of esters is 2. The van der Waals surface area contributed by atoms with E-state index in [9.17, 15) is 9.59 Å². The lowest BCUT2D eigenvalue weighted by Gasteiger charge is -2.04. The summed E-state index contributed by atoms with van der Waals surface area (Å²) in [6.07, 6.45) is 3.32. The second-order valence-electron chi connectivity index (χ2n) is 10.6. The average molecular weight is 565 g/mol. The molecule has 8 bridgehead atoms. The van der Waals surface area contributed by atoms with Crippen molar-refractivity contribution in [3.05, 3.63) is 75.9 Å². The van der Waals surface area contributed by atoms with Gasteiger partial charge in [-0.05, 0) is 98.2 Å². The number of ether oxygens (including phenoxy) is 2. The van der Waals surface area contributed by atoms with Crippen molar-refractivity contribution in [1.82, 2.24) is 19.9 Å². The van der Waals surface area contributed by atoms with E-state index >= 15 is 0 Å². The van der Waals surface area contributed by atoms with Crippen molar-refractivity contribution in [2.75, 3.05) is 14.2 Å². The molecule has 0 fully saturated rings. The van der Waals surface area contributed by atoms with Gasteiger partial charge in [-0.3, -0.25) is 4.79 Å². The van der Waals surface area contributed by atoms with Crippen LogP contribution in [0.4, 0.5) is 0 Å². The van der Waals surface area contributed by atoms with E-state index in [4.69, 9.17) is 19.4 Å². The van der Waals surface area contributed by atoms with Gasteiger partial charge in [0.05, 0.1) is 48.1 Å². The molecule has 3 aromatic rings. The number of hydrogen-bond acceptors (Lipinski definition) is 6. The van der Waals surface area contributed by atoms with Crippen LogP contribution >= 0.6 is 0 Å². The summed E-state index contributed by atoms with van der Waals surface area (Å²) in [7, 11) is 2.76. The van der Waals surface area contributed by atoms with E-state index in [-0.39, 0.29) is 12.4 Å². The first-order valence-electron chi connectivity index (χ1n) is 14.1. The summed E-state index contributed by atoms with van der Waals surface area (Å²) < 4.78 is 10.1. The Bertz CT molecular complexity index is 1880. The molecule has 3 aromatic heterocycles. The van der Waals surface area contributed by atoms with Gasteiger partial charge in [-0.1, -0.05) is 19.6 Å². The summed E-state index contributed by atoms with van der Waals surface area (Å²) in [5.74, 6) is -0.742. The molecule has 8 nitrogen and oxygen atoms in total. The summed E-state index contributed by atoms with van der Waals surface area (Å²) in [4.78, 5) is 42.2. The Hall–Kier alpha value is -4.72. The molecule has 5 heterocycles. The minimum atomic E-state index is -0.443. The zero-order chi connectivity index (χ0) is 30.3. The maximum atomic E-state index is 13.0. The smallest absolute Gasteiger partial charge is 0.340 e. The molecule has 0 saturated carbocycles. The van der Waals surface area contributed by atoms with Crippen molar-refractivity contribution in [3.63, 3.8) is 0 Å². The van der Waals surface area contributed by atoms with E-state index in [1.54, 1.807) is 0 Å². The molecule has 0 spiro atoms. The van der Waals surface area contributed by atoms with Crippen LogP contribution in [0.25, 0.3) is 50.4 Å². The monoisotopic (exact) mass is 564 g/mol. The maximum absolute atomic E-state index is 13.0. The van der Waals surface area contributed by atoms with Crippen LogP contribution in [0.3, 0.4) is 0 Å². The van der Waals surface area contributed by atoms with E-state index in [2.05, 4.69) is 43.4 Å². The number of aromatic amines is 2. The van der Waals surface area contributed by atoms with E-state index in [1.165, 1.54) is 14.2 Å². The fraction of sp³-hybridized carbons (Fsp3) is 0.294. The lowest BCUT2D eigenvalue weighted by molar-refractivity contribution is -0.140. The molecule has 2 aliphatic heterocycles. The summed E-state index contributed by atoms with van der Waals surface area (Å²) in [5, 5.41) is 0. The lowest BCUT2D eigenvalue weighted by atomic mass is 10.0. The minimum Gasteiger partial charge on any atom is -0.469 e. The molecule has 216 valence electrons. The van der Waals surface area contributed by atoms with E-state index in [0.717, 1.165) is 79.0 Å². The molecule has 8 heteroatoms. The number of aromatic nitrogens is 4. The SMILES string of the molecule is C=Cc1c(C)c2cc3nc(cc4[nH]c(cc5nc(cc1[nH]2)C(C)=C5CC)c(C)c4C(=O)OC)C(CCC(=O)OC)=C3C. The Kier molecular flexibility index (Phi) is 7.73. The van der Waals surface area contributed by atoms with Crippen molar-refractivity contribution in [3.8, 4) is 0 Å². The fourth-order valence-electron chi connectivity index (χ4n) is 5.84. The highest BCUT2D eigenvalue weighted by molar-refractivity contribution is 6.03. The Morgan fingerprint density at radius 3 is 1.95 bits per heavy atom. The topological polar surface area (TPSA) is 110 Å². The molecule has 0 atom stereocenters. The third-order valence-corrected chi connectivity index (χ3v) is 8.34. The molecule has 0 aliphatic carbocycles. The number of nitrogens with zero attached hydrogens (tertiary/aromatic N) is 2. The van der Waals surface area contributed by atoms with Gasteiger partial charge in [0.2, 0.25) is 0 Å². The van der Waals surface area contributed by atoms with Crippen molar-refractivity contribution in [2.45, 2.75) is 53.9 Å². The molecule has 5 rings (SSSR count). The number of H-pyrrole nitrogens is 2. The number of fused-ring (bicyclic) bond motifs is 8. The summed E-state index contributed by atoms with van der Waals surface area (Å²) in [5.41, 5.74) is 13.7. The minimum absolute atomic E-state index is 0.209. The maximum Gasteiger partial charge on any atom is 0.340 e. The molecular formula is C34H36N4O4. The Morgan fingerprint density at radius 1 is 0.786 bits per heavy atom. The number of rotatable bonds is 6. The average Bonchev–Trinajstić information content (AvgIpc) is 3.64. The molecule has 0 amide bonds. The summed E-state index contributed by atoms with van der Waals surface area (Å²) in [6.45, 7) is 14.2. The van der Waals surface area contributed by atoms with Crippen LogP contribution in [0.5, 0.6) is 0 Å². The fourth-order valence-corrected chi connectivity index (χ4v) is 5.84. The first kappa shape index (κ1) is 28.8. The predicted octanol–water partition coefficient (Wildman–Crippen LogP) is 7.59. The van der Waals surface area contributed by atoms with Crippen LogP contribution in [-0.4, -0.2) is 46.1 Å². The molecule has 0 saturated heterocycles. The van der Waals surface area contributed by atoms with Gasteiger partial charge in [-0.15, -0.1) is 0 Å². The van der Waals surface area contributed by atoms with Crippen LogP contribution in [0.2, 0.25) is 0 Å². The van der Waals surface area contributed by atoms with Gasteiger partial charge in [0.25, 0.3) is 0 Å². The van der Waals surface area contributed by atoms with E-state index < -0.39 is 5.97 Å². The first-order chi connectivity index (χ1) is 20.1. The second-order valence-corrected chi connectivity index (χ2v) is 10.6. The van der Waals surface area contributed by atoms with Crippen molar-refractivity contribution in [2.24, 2.45) is 0 Å². The number of carbonyl (C=O) groups excluding carboxylic acids is 2. The Morgan fingerprint density at radius 2 is 1.33 bits per heavy atom. The van der Waals surface area contributed by atoms with Gasteiger partial charge in [0.1, 0.15) is 0 Å². The van der Waals surface area contributed by atoms with Crippen molar-refractivity contribution < 1.29 is 19.1 Å². The number of hydrogen-bond donors (Lipinski definition) is 2. The van der Waals surface area contributed by atoms with Crippen LogP contribution < -0.4 is 0 Å². The third kappa shape index (κ3) is 4.87. The van der Waals surface area contributed by atoms with Gasteiger partial charge in [-0.25, -0.2) is 14.8 Å². The highest BCUT2D eigenvalue weighted by Crippen LogP contribution is 2.36. The number of aryl methyl sites for hydroxylation is 2. The number of nitrogens with one attached hydrogen (secondary N) is 2. The molecule has 0 aromatic carbocycles. The van der Waals surface area contributed by atoms with Crippen LogP contribution in [-0.2, 0) is 14.3 Å². The lowest BCUT2D eigenvalue weighted by Crippen LogP contribution is -2.02. The Labute approximate surface area is 245 Å². The molecule has 42 heavy (non-hydrogen) atoms. The molecule has 2 N–H and O–H groups in total. The van der Waals surface area contributed by atoms with E-state index in [0.29, 0.717) is 23.2 Å². The predicted molar refractivity (Wildman–Crippen MR) is 168 cm³/mol. The zero-order valence-electron chi connectivity index (χ0n) is 25.2. The third-order valence-electron chi connectivity index (χ3n) is 8.34. The number of methoxy groups -OCH3 is 2. The highest BCUT2D eigenvalue weighted by atomic mass is 16.5. The molecule has 2 aliphatic rings. The quantitative estimate of drug-likeness (QED) is 0.299. The normalized spacial score (nSPS) is 13.0. The largest absolute Gasteiger partial charge is 0.469 e. The van der Waals surface area contributed by atoms with Gasteiger partial charge in [0, 0.05) is 28.5 Å². The number of allylic oxidation sites excluding steroid dienone is 4. The first-order valence-corrected chi connectivity index (χ1v) is 14.1. The molecule has 0 unspecified atom stereocenters. The summed E-state index contributed by atoms with van der Waals surface area (Å²) >= 11 is 0. The van der Waals surface area contributed by atoms with Crippen LogP contribution in [0, 0.1) is 13.8 Å². The van der Waals surface area contributed by atoms with Gasteiger partial charge in [0.15, 0.2) is 0 Å². The van der Waals surface area contributed by atoms with Crippen LogP contribution in [0.1, 0.15) is 89.9 Å². The molecular weight excluding hydrogens is 528 g/mol.